The summed E-state index contributed by atoms with van der Waals surface area (Å²) in [6.45, 7) is 0. The van der Waals surface area contributed by atoms with Crippen molar-refractivity contribution in [1.82, 2.24) is 15.7 Å². The van der Waals surface area contributed by atoms with Gasteiger partial charge in [-0.05, 0) is 22.8 Å². The third-order valence-corrected chi connectivity index (χ3v) is 4.83. The van der Waals surface area contributed by atoms with Gasteiger partial charge in [-0.3, -0.25) is 10.0 Å². The van der Waals surface area contributed by atoms with E-state index in [0.717, 1.165) is 22.3 Å². The number of hydrogen-bond donors (Lipinski definition) is 2. The first-order valence-corrected chi connectivity index (χ1v) is 8.15. The Morgan fingerprint density at radius 1 is 0.840 bits per heavy atom. The molecule has 0 spiro atoms. The number of carbonyl (C=O) groups excluding carboxylic acids is 1. The van der Waals surface area contributed by atoms with E-state index >= 15 is 0 Å². The summed E-state index contributed by atoms with van der Waals surface area (Å²) in [5.74, 6) is -0.428. The largest absolute Gasteiger partial charge is 0.289 e. The number of benzene rings is 2. The SMILES string of the molecule is O=C(NO)C1C(c2ccccc2)C1c1ccc(-c2ccnnc2)cc1. The lowest BCUT2D eigenvalue weighted by molar-refractivity contribution is -0.130. The van der Waals surface area contributed by atoms with Crippen molar-refractivity contribution in [2.24, 2.45) is 5.92 Å². The number of carbonyl (C=O) groups is 1. The van der Waals surface area contributed by atoms with Crippen LogP contribution in [0.5, 0.6) is 0 Å². The zero-order valence-electron chi connectivity index (χ0n) is 13.4. The number of amides is 1. The lowest BCUT2D eigenvalue weighted by Gasteiger charge is -2.04. The third kappa shape index (κ3) is 2.90. The summed E-state index contributed by atoms with van der Waals surface area (Å²) in [5.41, 5.74) is 6.07. The highest BCUT2D eigenvalue weighted by Crippen LogP contribution is 2.60. The molecule has 124 valence electrons. The molecule has 1 aliphatic carbocycles. The van der Waals surface area contributed by atoms with Gasteiger partial charge >= 0.3 is 0 Å². The molecule has 3 atom stereocenters. The molecule has 1 aromatic heterocycles. The van der Waals surface area contributed by atoms with E-state index in [4.69, 9.17) is 5.21 Å². The standard InChI is InChI=1S/C20H17N3O2/c24-20(23-25)19-17(14-4-2-1-3-5-14)18(19)15-8-6-13(7-9-15)16-10-11-21-22-12-16/h1-12,17-19,25H,(H,23,24). The second-order valence-corrected chi connectivity index (χ2v) is 6.22. The van der Waals surface area contributed by atoms with Crippen LogP contribution in [0.25, 0.3) is 11.1 Å². The molecule has 0 radical (unpaired) electrons. The zero-order chi connectivity index (χ0) is 17.2. The van der Waals surface area contributed by atoms with Crippen LogP contribution in [0.3, 0.4) is 0 Å². The molecule has 3 aromatic rings. The van der Waals surface area contributed by atoms with Crippen LogP contribution in [-0.2, 0) is 4.79 Å². The third-order valence-electron chi connectivity index (χ3n) is 4.83. The Bertz CT molecular complexity index is 866. The van der Waals surface area contributed by atoms with E-state index in [2.05, 4.69) is 10.2 Å². The van der Waals surface area contributed by atoms with Gasteiger partial charge in [-0.15, -0.1) is 0 Å². The van der Waals surface area contributed by atoms with Gasteiger partial charge in [0.05, 0.1) is 18.3 Å². The minimum Gasteiger partial charge on any atom is -0.289 e. The van der Waals surface area contributed by atoms with Gasteiger partial charge in [0, 0.05) is 17.4 Å². The van der Waals surface area contributed by atoms with Crippen LogP contribution >= 0.6 is 0 Å². The molecule has 1 heterocycles. The first-order valence-electron chi connectivity index (χ1n) is 8.15. The highest BCUT2D eigenvalue weighted by atomic mass is 16.5. The molecular weight excluding hydrogens is 314 g/mol. The van der Waals surface area contributed by atoms with Gasteiger partial charge in [0.25, 0.3) is 0 Å². The van der Waals surface area contributed by atoms with Crippen LogP contribution in [0.15, 0.2) is 73.1 Å². The summed E-state index contributed by atoms with van der Waals surface area (Å²) in [6.07, 6.45) is 3.39. The highest BCUT2D eigenvalue weighted by molar-refractivity contribution is 5.84. The molecule has 5 nitrogen and oxygen atoms in total. The molecule has 1 saturated carbocycles. The quantitative estimate of drug-likeness (QED) is 0.569. The Balaban J connectivity index is 1.63. The molecule has 0 saturated heterocycles. The van der Waals surface area contributed by atoms with Gasteiger partial charge in [0.2, 0.25) is 5.91 Å². The average molecular weight is 331 g/mol. The van der Waals surface area contributed by atoms with Crippen LogP contribution in [0, 0.1) is 5.92 Å². The van der Waals surface area contributed by atoms with Crippen LogP contribution in [0.1, 0.15) is 23.0 Å². The Morgan fingerprint density at radius 2 is 1.52 bits per heavy atom. The number of nitrogens with one attached hydrogen (secondary N) is 1. The smallest absolute Gasteiger partial charge is 0.247 e. The maximum atomic E-state index is 12.1. The van der Waals surface area contributed by atoms with Crippen molar-refractivity contribution in [3.05, 3.63) is 84.2 Å². The molecule has 4 rings (SSSR count). The Morgan fingerprint density at radius 3 is 2.12 bits per heavy atom. The molecule has 3 unspecified atom stereocenters. The second kappa shape index (κ2) is 6.45. The van der Waals surface area contributed by atoms with E-state index in [1.165, 1.54) is 0 Å². The monoisotopic (exact) mass is 331 g/mol. The fourth-order valence-corrected chi connectivity index (χ4v) is 3.58. The molecule has 5 heteroatoms. The highest BCUT2D eigenvalue weighted by Gasteiger charge is 2.56. The maximum absolute atomic E-state index is 12.1. The molecule has 1 fully saturated rings. The molecule has 0 bridgehead atoms. The van der Waals surface area contributed by atoms with Crippen molar-refractivity contribution in [3.8, 4) is 11.1 Å². The normalized spacial score (nSPS) is 21.6. The average Bonchev–Trinajstić information content (AvgIpc) is 3.44. The van der Waals surface area contributed by atoms with Crippen LogP contribution < -0.4 is 5.48 Å². The lowest BCUT2D eigenvalue weighted by atomic mass is 10.0. The summed E-state index contributed by atoms with van der Waals surface area (Å²) in [6, 6.07) is 20.0. The first-order chi connectivity index (χ1) is 12.3. The Hall–Kier alpha value is -3.05. The molecule has 0 aliphatic heterocycles. The fourth-order valence-electron chi connectivity index (χ4n) is 3.58. The number of rotatable bonds is 4. The van der Waals surface area contributed by atoms with Gasteiger partial charge in [-0.2, -0.15) is 10.2 Å². The number of hydroxylamine groups is 1. The fraction of sp³-hybridized carbons (Fsp3) is 0.150. The molecule has 2 aromatic carbocycles. The van der Waals surface area contributed by atoms with Crippen LogP contribution in [0.4, 0.5) is 0 Å². The second-order valence-electron chi connectivity index (χ2n) is 6.22. The first kappa shape index (κ1) is 15.5. The van der Waals surface area contributed by atoms with Crippen molar-refractivity contribution in [1.29, 1.82) is 0 Å². The molecule has 1 aliphatic rings. The minimum atomic E-state index is -0.332. The Labute approximate surface area is 145 Å². The van der Waals surface area contributed by atoms with E-state index in [9.17, 15) is 4.79 Å². The van der Waals surface area contributed by atoms with Crippen molar-refractivity contribution in [2.45, 2.75) is 11.8 Å². The van der Waals surface area contributed by atoms with Gasteiger partial charge in [-0.25, -0.2) is 5.48 Å². The molecule has 1 amide bonds. The number of hydrogen-bond acceptors (Lipinski definition) is 4. The summed E-state index contributed by atoms with van der Waals surface area (Å²) in [5, 5.41) is 16.7. The van der Waals surface area contributed by atoms with E-state index in [-0.39, 0.29) is 23.7 Å². The van der Waals surface area contributed by atoms with E-state index in [0.29, 0.717) is 0 Å². The van der Waals surface area contributed by atoms with Crippen molar-refractivity contribution >= 4 is 5.91 Å². The minimum absolute atomic E-state index is 0.0687. The summed E-state index contributed by atoms with van der Waals surface area (Å²) < 4.78 is 0. The maximum Gasteiger partial charge on any atom is 0.247 e. The zero-order valence-corrected chi connectivity index (χ0v) is 13.4. The topological polar surface area (TPSA) is 75.1 Å². The Kier molecular flexibility index (Phi) is 3.99. The summed E-state index contributed by atoms with van der Waals surface area (Å²) in [7, 11) is 0. The van der Waals surface area contributed by atoms with E-state index < -0.39 is 0 Å². The van der Waals surface area contributed by atoms with Crippen molar-refractivity contribution < 1.29 is 10.0 Å². The lowest BCUT2D eigenvalue weighted by Crippen LogP contribution is -2.21. The molecular formula is C20H17N3O2. The van der Waals surface area contributed by atoms with E-state index in [1.54, 1.807) is 12.4 Å². The summed E-state index contributed by atoms with van der Waals surface area (Å²) >= 11 is 0. The van der Waals surface area contributed by atoms with Gasteiger partial charge in [-0.1, -0.05) is 54.6 Å². The van der Waals surface area contributed by atoms with Crippen molar-refractivity contribution in [2.75, 3.05) is 0 Å². The van der Waals surface area contributed by atoms with Crippen LogP contribution in [-0.4, -0.2) is 21.3 Å². The van der Waals surface area contributed by atoms with Gasteiger partial charge < -0.3 is 0 Å². The number of aromatic nitrogens is 2. The predicted octanol–water partition coefficient (Wildman–Crippen LogP) is 3.15. The molecule has 25 heavy (non-hydrogen) atoms. The molecule has 2 N–H and O–H groups in total. The number of nitrogens with zero attached hydrogens (tertiary/aromatic N) is 2. The van der Waals surface area contributed by atoms with Gasteiger partial charge in [0.15, 0.2) is 0 Å². The van der Waals surface area contributed by atoms with E-state index in [1.807, 2.05) is 66.1 Å². The summed E-state index contributed by atoms with van der Waals surface area (Å²) in [4.78, 5) is 12.1. The van der Waals surface area contributed by atoms with Crippen LogP contribution in [0.2, 0.25) is 0 Å². The predicted molar refractivity (Wildman–Crippen MR) is 92.8 cm³/mol. The van der Waals surface area contributed by atoms with Crippen molar-refractivity contribution in [3.63, 3.8) is 0 Å². The van der Waals surface area contributed by atoms with Gasteiger partial charge in [0.1, 0.15) is 0 Å².